The van der Waals surface area contributed by atoms with Crippen molar-refractivity contribution in [2.75, 3.05) is 6.61 Å². The van der Waals surface area contributed by atoms with Gasteiger partial charge in [0.2, 0.25) is 11.7 Å². The van der Waals surface area contributed by atoms with Gasteiger partial charge in [-0.1, -0.05) is 6.92 Å². The number of carboxylic acids is 1. The minimum Gasteiger partial charge on any atom is -0.475 e. The van der Waals surface area contributed by atoms with Gasteiger partial charge in [0.05, 0.1) is 17.7 Å². The molecular weight excluding hydrogens is 210 g/mol. The molecule has 1 aromatic heterocycles. The van der Waals surface area contributed by atoms with Crippen molar-refractivity contribution in [3.05, 3.63) is 17.3 Å². The molecular formula is C11H15NO4. The number of rotatable bonds is 3. The van der Waals surface area contributed by atoms with Crippen molar-refractivity contribution in [3.8, 4) is 0 Å². The van der Waals surface area contributed by atoms with Gasteiger partial charge >= 0.3 is 5.97 Å². The van der Waals surface area contributed by atoms with Crippen molar-refractivity contribution in [1.82, 2.24) is 4.98 Å². The highest BCUT2D eigenvalue weighted by molar-refractivity contribution is 5.85. The molecule has 0 aromatic carbocycles. The Kier molecular flexibility index (Phi) is 2.96. The Labute approximate surface area is 93.4 Å². The third kappa shape index (κ3) is 1.82. The van der Waals surface area contributed by atoms with Crippen LogP contribution in [0, 0.1) is 0 Å². The van der Waals surface area contributed by atoms with Crippen molar-refractivity contribution in [2.45, 2.75) is 38.7 Å². The highest BCUT2D eigenvalue weighted by Crippen LogP contribution is 2.31. The molecule has 0 saturated carbocycles. The molecule has 1 aromatic rings. The lowest BCUT2D eigenvalue weighted by Crippen LogP contribution is -2.09. The Hall–Kier alpha value is -1.36. The second-order valence-electron chi connectivity index (χ2n) is 3.96. The van der Waals surface area contributed by atoms with Gasteiger partial charge < -0.3 is 14.3 Å². The molecule has 88 valence electrons. The number of hydrogen-bond donors (Lipinski definition) is 1. The molecule has 0 bridgehead atoms. The normalized spacial score (nSPS) is 24.9. The molecule has 0 aliphatic carbocycles. The van der Waals surface area contributed by atoms with Crippen LogP contribution in [-0.4, -0.2) is 28.8 Å². The standard InChI is InChI=1S/C11H15NO4/c1-3-8-9(11(13)14)16-10(12-8)7-4-5-15-6(7)2/h6-7H,3-5H2,1-2H3,(H,13,14)/t6-,7-/m0/s1. The van der Waals surface area contributed by atoms with E-state index in [9.17, 15) is 4.79 Å². The van der Waals surface area contributed by atoms with E-state index in [2.05, 4.69) is 4.98 Å². The second kappa shape index (κ2) is 4.25. The van der Waals surface area contributed by atoms with E-state index in [4.69, 9.17) is 14.3 Å². The quantitative estimate of drug-likeness (QED) is 0.849. The predicted octanol–water partition coefficient (Wildman–Crippen LogP) is 1.83. The van der Waals surface area contributed by atoms with E-state index in [0.29, 0.717) is 24.6 Å². The van der Waals surface area contributed by atoms with Gasteiger partial charge in [-0.05, 0) is 19.8 Å². The molecule has 16 heavy (non-hydrogen) atoms. The molecule has 1 saturated heterocycles. The lowest BCUT2D eigenvalue weighted by atomic mass is 10.0. The van der Waals surface area contributed by atoms with Crippen molar-refractivity contribution < 1.29 is 19.1 Å². The number of nitrogens with zero attached hydrogens (tertiary/aromatic N) is 1. The van der Waals surface area contributed by atoms with Gasteiger partial charge in [-0.2, -0.15) is 0 Å². The third-order valence-electron chi connectivity index (χ3n) is 2.94. The van der Waals surface area contributed by atoms with Crippen LogP contribution < -0.4 is 0 Å². The van der Waals surface area contributed by atoms with Gasteiger partial charge in [0.25, 0.3) is 0 Å². The topological polar surface area (TPSA) is 72.6 Å². The monoisotopic (exact) mass is 225 g/mol. The minimum atomic E-state index is -1.05. The van der Waals surface area contributed by atoms with E-state index in [1.807, 2.05) is 13.8 Å². The summed E-state index contributed by atoms with van der Waals surface area (Å²) in [7, 11) is 0. The van der Waals surface area contributed by atoms with E-state index >= 15 is 0 Å². The highest BCUT2D eigenvalue weighted by Gasteiger charge is 2.32. The summed E-state index contributed by atoms with van der Waals surface area (Å²) >= 11 is 0. The molecule has 5 heteroatoms. The zero-order valence-electron chi connectivity index (χ0n) is 9.40. The molecule has 2 rings (SSSR count). The largest absolute Gasteiger partial charge is 0.475 e. The van der Waals surface area contributed by atoms with Crippen molar-refractivity contribution >= 4 is 5.97 Å². The molecule has 1 N–H and O–H groups in total. The minimum absolute atomic E-state index is 0.0309. The summed E-state index contributed by atoms with van der Waals surface area (Å²) in [6.45, 7) is 4.49. The zero-order valence-corrected chi connectivity index (χ0v) is 9.40. The van der Waals surface area contributed by atoms with Crippen LogP contribution in [0.25, 0.3) is 0 Å². The van der Waals surface area contributed by atoms with Crippen LogP contribution >= 0.6 is 0 Å². The summed E-state index contributed by atoms with van der Waals surface area (Å²) in [5, 5.41) is 8.95. The molecule has 0 radical (unpaired) electrons. The van der Waals surface area contributed by atoms with Gasteiger partial charge in [0, 0.05) is 6.61 Å². The van der Waals surface area contributed by atoms with Crippen molar-refractivity contribution in [2.24, 2.45) is 0 Å². The Bertz CT molecular complexity index is 399. The maximum atomic E-state index is 10.9. The Morgan fingerprint density at radius 1 is 1.62 bits per heavy atom. The van der Waals surface area contributed by atoms with E-state index in [1.165, 1.54) is 0 Å². The molecule has 2 atom stereocenters. The first kappa shape index (κ1) is 11.1. The lowest BCUT2D eigenvalue weighted by Gasteiger charge is -2.08. The molecule has 1 aliphatic rings. The average molecular weight is 225 g/mol. The highest BCUT2D eigenvalue weighted by atomic mass is 16.5. The summed E-state index contributed by atoms with van der Waals surface area (Å²) in [5.74, 6) is -0.503. The van der Waals surface area contributed by atoms with E-state index in [0.717, 1.165) is 6.42 Å². The fourth-order valence-electron chi connectivity index (χ4n) is 1.99. The summed E-state index contributed by atoms with van der Waals surface area (Å²) < 4.78 is 10.7. The maximum Gasteiger partial charge on any atom is 0.373 e. The number of ether oxygens (including phenoxy) is 1. The number of aromatic nitrogens is 1. The predicted molar refractivity (Wildman–Crippen MR) is 55.6 cm³/mol. The maximum absolute atomic E-state index is 10.9. The molecule has 5 nitrogen and oxygen atoms in total. The molecule has 0 spiro atoms. The summed E-state index contributed by atoms with van der Waals surface area (Å²) in [6, 6.07) is 0. The van der Waals surface area contributed by atoms with E-state index < -0.39 is 5.97 Å². The van der Waals surface area contributed by atoms with Crippen molar-refractivity contribution in [1.29, 1.82) is 0 Å². The van der Waals surface area contributed by atoms with Crippen LogP contribution in [0.3, 0.4) is 0 Å². The van der Waals surface area contributed by atoms with Crippen LogP contribution in [0.1, 0.15) is 48.3 Å². The van der Waals surface area contributed by atoms with E-state index in [-0.39, 0.29) is 17.8 Å². The molecule has 1 aliphatic heterocycles. The average Bonchev–Trinajstić information content (AvgIpc) is 2.82. The van der Waals surface area contributed by atoms with Gasteiger partial charge in [-0.3, -0.25) is 0 Å². The first-order valence-corrected chi connectivity index (χ1v) is 5.48. The molecule has 0 amide bonds. The second-order valence-corrected chi connectivity index (χ2v) is 3.96. The number of oxazole rings is 1. The summed E-state index contributed by atoms with van der Waals surface area (Å²) in [6.07, 6.45) is 1.45. The number of carbonyl (C=O) groups is 1. The van der Waals surface area contributed by atoms with E-state index in [1.54, 1.807) is 0 Å². The molecule has 1 fully saturated rings. The molecule has 2 heterocycles. The van der Waals surface area contributed by atoms with Crippen molar-refractivity contribution in [3.63, 3.8) is 0 Å². The third-order valence-corrected chi connectivity index (χ3v) is 2.94. The number of carboxylic acid groups (broad SMARTS) is 1. The number of aromatic carboxylic acids is 1. The van der Waals surface area contributed by atoms with Gasteiger partial charge in [0.15, 0.2) is 0 Å². The zero-order chi connectivity index (χ0) is 11.7. The fraction of sp³-hybridized carbons (Fsp3) is 0.636. The fourth-order valence-corrected chi connectivity index (χ4v) is 1.99. The lowest BCUT2D eigenvalue weighted by molar-refractivity contribution is 0.0655. The smallest absolute Gasteiger partial charge is 0.373 e. The van der Waals surface area contributed by atoms with Crippen LogP contribution in [0.5, 0.6) is 0 Å². The number of aryl methyl sites for hydroxylation is 1. The van der Waals surface area contributed by atoms with Gasteiger partial charge in [-0.15, -0.1) is 0 Å². The first-order valence-electron chi connectivity index (χ1n) is 5.48. The summed E-state index contributed by atoms with van der Waals surface area (Å²) in [4.78, 5) is 15.2. The summed E-state index contributed by atoms with van der Waals surface area (Å²) in [5.41, 5.74) is 0.515. The Morgan fingerprint density at radius 2 is 2.38 bits per heavy atom. The van der Waals surface area contributed by atoms with Crippen LogP contribution in [0.2, 0.25) is 0 Å². The molecule has 0 unspecified atom stereocenters. The van der Waals surface area contributed by atoms with Crippen LogP contribution in [0.4, 0.5) is 0 Å². The number of hydrogen-bond acceptors (Lipinski definition) is 4. The Morgan fingerprint density at radius 3 is 2.81 bits per heavy atom. The first-order chi connectivity index (χ1) is 7.63. The van der Waals surface area contributed by atoms with Crippen LogP contribution in [-0.2, 0) is 11.2 Å². The Balaban J connectivity index is 2.32. The SMILES string of the molecule is CCc1nc([C@H]2CCO[C@H]2C)oc1C(=O)O. The van der Waals surface area contributed by atoms with Gasteiger partial charge in [0.1, 0.15) is 0 Å². The van der Waals surface area contributed by atoms with Crippen LogP contribution in [0.15, 0.2) is 4.42 Å². The van der Waals surface area contributed by atoms with Gasteiger partial charge in [-0.25, -0.2) is 9.78 Å².